The first kappa shape index (κ1) is 12.4. The number of aryl methyl sites for hydroxylation is 1. The van der Waals surface area contributed by atoms with Crippen molar-refractivity contribution in [1.82, 2.24) is 10.7 Å². The molecular weight excluding hydrogens is 258 g/mol. The predicted molar refractivity (Wildman–Crippen MR) is 79.7 cm³/mol. The second-order valence-electron chi connectivity index (χ2n) is 4.97. The Morgan fingerprint density at radius 2 is 2.26 bits per heavy atom. The van der Waals surface area contributed by atoms with E-state index >= 15 is 0 Å². The molecule has 1 aliphatic carbocycles. The molecule has 1 saturated carbocycles. The predicted octanol–water partition coefficient (Wildman–Crippen LogP) is 2.11. The van der Waals surface area contributed by atoms with Gasteiger partial charge < -0.3 is 10.1 Å². The molecule has 0 amide bonds. The van der Waals surface area contributed by atoms with E-state index in [4.69, 9.17) is 17.0 Å². The molecule has 1 aromatic carbocycles. The van der Waals surface area contributed by atoms with E-state index in [1.807, 2.05) is 12.1 Å². The number of nitrogens with one attached hydrogen (secondary N) is 2. The third kappa shape index (κ3) is 2.87. The van der Waals surface area contributed by atoms with Gasteiger partial charge in [-0.05, 0) is 43.6 Å². The molecular formula is C14H17N3OS. The van der Waals surface area contributed by atoms with Gasteiger partial charge in [0, 0.05) is 18.0 Å². The summed E-state index contributed by atoms with van der Waals surface area (Å²) in [6, 6.07) is 6.66. The van der Waals surface area contributed by atoms with Crippen LogP contribution in [-0.2, 0) is 0 Å². The van der Waals surface area contributed by atoms with Gasteiger partial charge in [-0.2, -0.15) is 5.10 Å². The van der Waals surface area contributed by atoms with E-state index in [0.29, 0.717) is 17.8 Å². The van der Waals surface area contributed by atoms with Gasteiger partial charge in [0.2, 0.25) is 0 Å². The first-order valence-electron chi connectivity index (χ1n) is 6.60. The number of rotatable bonds is 2. The second kappa shape index (κ2) is 5.17. The highest BCUT2D eigenvalue weighted by atomic mass is 32.1. The number of hydrogen-bond acceptors (Lipinski definition) is 3. The van der Waals surface area contributed by atoms with E-state index in [-0.39, 0.29) is 0 Å². The Morgan fingerprint density at radius 1 is 1.42 bits per heavy atom. The lowest BCUT2D eigenvalue weighted by atomic mass is 10.0. The molecule has 0 atom stereocenters. The van der Waals surface area contributed by atoms with Crippen LogP contribution in [0.2, 0.25) is 0 Å². The normalized spacial score (nSPS) is 19.5. The topological polar surface area (TPSA) is 45.6 Å². The van der Waals surface area contributed by atoms with Crippen LogP contribution < -0.4 is 15.5 Å². The van der Waals surface area contributed by atoms with E-state index in [9.17, 15) is 0 Å². The van der Waals surface area contributed by atoms with Crippen LogP contribution >= 0.6 is 12.2 Å². The van der Waals surface area contributed by atoms with Crippen molar-refractivity contribution in [2.45, 2.75) is 32.2 Å². The van der Waals surface area contributed by atoms with Crippen molar-refractivity contribution in [2.24, 2.45) is 5.10 Å². The monoisotopic (exact) mass is 275 g/mol. The molecule has 0 saturated heterocycles. The average molecular weight is 275 g/mol. The van der Waals surface area contributed by atoms with Gasteiger partial charge in [0.25, 0.3) is 0 Å². The Balaban J connectivity index is 1.75. The average Bonchev–Trinajstić information content (AvgIpc) is 3.21. The van der Waals surface area contributed by atoms with Gasteiger partial charge in [-0.25, -0.2) is 0 Å². The molecule has 5 heteroatoms. The van der Waals surface area contributed by atoms with Crippen molar-refractivity contribution >= 4 is 23.0 Å². The van der Waals surface area contributed by atoms with Crippen molar-refractivity contribution in [3.05, 3.63) is 29.3 Å². The Labute approximate surface area is 118 Å². The summed E-state index contributed by atoms with van der Waals surface area (Å²) in [4.78, 5) is 0. The molecule has 100 valence electrons. The van der Waals surface area contributed by atoms with Gasteiger partial charge in [-0.15, -0.1) is 0 Å². The van der Waals surface area contributed by atoms with Crippen LogP contribution in [-0.4, -0.2) is 23.5 Å². The fraction of sp³-hybridized carbons (Fsp3) is 0.429. The SMILES string of the molecule is Cc1cccc2c1OCCC2=NNC(=S)NC1CC1. The third-order valence-electron chi connectivity index (χ3n) is 3.31. The summed E-state index contributed by atoms with van der Waals surface area (Å²) in [6.07, 6.45) is 3.21. The van der Waals surface area contributed by atoms with Gasteiger partial charge in [0.05, 0.1) is 12.3 Å². The molecule has 4 nitrogen and oxygen atoms in total. The van der Waals surface area contributed by atoms with E-state index in [0.717, 1.165) is 29.0 Å². The van der Waals surface area contributed by atoms with Crippen LogP contribution in [0, 0.1) is 6.92 Å². The molecule has 1 aromatic rings. The number of hydrogen-bond donors (Lipinski definition) is 2. The van der Waals surface area contributed by atoms with Gasteiger partial charge in [0.15, 0.2) is 5.11 Å². The Bertz CT molecular complexity index is 537. The van der Waals surface area contributed by atoms with Crippen LogP contribution in [0.3, 0.4) is 0 Å². The molecule has 2 aliphatic rings. The summed E-state index contributed by atoms with van der Waals surface area (Å²) in [5.74, 6) is 0.940. The van der Waals surface area contributed by atoms with Crippen LogP contribution in [0.5, 0.6) is 5.75 Å². The van der Waals surface area contributed by atoms with Crippen LogP contribution in [0.15, 0.2) is 23.3 Å². The minimum absolute atomic E-state index is 0.546. The minimum Gasteiger partial charge on any atom is -0.492 e. The number of ether oxygens (including phenoxy) is 1. The largest absolute Gasteiger partial charge is 0.492 e. The molecule has 1 heterocycles. The first-order valence-corrected chi connectivity index (χ1v) is 7.01. The number of hydrazone groups is 1. The maximum atomic E-state index is 5.71. The maximum absolute atomic E-state index is 5.71. The third-order valence-corrected chi connectivity index (χ3v) is 3.52. The van der Waals surface area contributed by atoms with Gasteiger partial charge in [-0.1, -0.05) is 12.1 Å². The highest BCUT2D eigenvalue weighted by Crippen LogP contribution is 2.28. The van der Waals surface area contributed by atoms with E-state index < -0.39 is 0 Å². The molecule has 0 aromatic heterocycles. The van der Waals surface area contributed by atoms with Crippen molar-refractivity contribution < 1.29 is 4.74 Å². The van der Waals surface area contributed by atoms with Crippen LogP contribution in [0.1, 0.15) is 30.4 Å². The van der Waals surface area contributed by atoms with Gasteiger partial charge in [-0.3, -0.25) is 5.43 Å². The Hall–Kier alpha value is -1.62. The zero-order valence-electron chi connectivity index (χ0n) is 10.9. The lowest BCUT2D eigenvalue weighted by molar-refractivity contribution is 0.318. The van der Waals surface area contributed by atoms with E-state index in [2.05, 4.69) is 28.8 Å². The van der Waals surface area contributed by atoms with E-state index in [1.165, 1.54) is 12.8 Å². The standard InChI is InChI=1S/C14H17N3OS/c1-9-3-2-4-11-12(7-8-18-13(9)11)16-17-14(19)15-10-5-6-10/h2-4,10H,5-8H2,1H3,(H2,15,17,19). The molecule has 1 fully saturated rings. The van der Waals surface area contributed by atoms with Gasteiger partial charge >= 0.3 is 0 Å². The van der Waals surface area contributed by atoms with E-state index in [1.54, 1.807) is 0 Å². The number of para-hydroxylation sites is 1. The summed E-state index contributed by atoms with van der Waals surface area (Å²) < 4.78 is 5.71. The van der Waals surface area contributed by atoms with Gasteiger partial charge in [0.1, 0.15) is 5.75 Å². The summed E-state index contributed by atoms with van der Waals surface area (Å²) in [5, 5.41) is 8.25. The van der Waals surface area contributed by atoms with Crippen LogP contribution in [0.4, 0.5) is 0 Å². The van der Waals surface area contributed by atoms with Crippen molar-refractivity contribution in [3.63, 3.8) is 0 Å². The number of thiocarbonyl (C=S) groups is 1. The van der Waals surface area contributed by atoms with Crippen molar-refractivity contribution in [3.8, 4) is 5.75 Å². The zero-order chi connectivity index (χ0) is 13.2. The molecule has 2 N–H and O–H groups in total. The maximum Gasteiger partial charge on any atom is 0.187 e. The molecule has 3 rings (SSSR count). The molecule has 19 heavy (non-hydrogen) atoms. The summed E-state index contributed by atoms with van der Waals surface area (Å²) in [6.45, 7) is 2.72. The minimum atomic E-state index is 0.546. The lowest BCUT2D eigenvalue weighted by Crippen LogP contribution is -2.34. The second-order valence-corrected chi connectivity index (χ2v) is 5.38. The fourth-order valence-corrected chi connectivity index (χ4v) is 2.35. The highest BCUT2D eigenvalue weighted by molar-refractivity contribution is 7.80. The van der Waals surface area contributed by atoms with Crippen LogP contribution in [0.25, 0.3) is 0 Å². The molecule has 1 aliphatic heterocycles. The quantitative estimate of drug-likeness (QED) is 0.641. The smallest absolute Gasteiger partial charge is 0.187 e. The molecule has 0 radical (unpaired) electrons. The molecule has 0 unspecified atom stereocenters. The summed E-state index contributed by atoms with van der Waals surface area (Å²) >= 11 is 5.20. The fourth-order valence-electron chi connectivity index (χ4n) is 2.14. The highest BCUT2D eigenvalue weighted by Gasteiger charge is 2.22. The lowest BCUT2D eigenvalue weighted by Gasteiger charge is -2.20. The first-order chi connectivity index (χ1) is 9.24. The number of benzene rings is 1. The van der Waals surface area contributed by atoms with Crippen molar-refractivity contribution in [1.29, 1.82) is 0 Å². The molecule has 0 spiro atoms. The summed E-state index contributed by atoms with van der Waals surface area (Å²) in [7, 11) is 0. The molecule has 0 bridgehead atoms. The number of fused-ring (bicyclic) bond motifs is 1. The summed E-state index contributed by atoms with van der Waals surface area (Å²) in [5.41, 5.74) is 6.15. The Morgan fingerprint density at radius 3 is 3.05 bits per heavy atom. The zero-order valence-corrected chi connectivity index (χ0v) is 11.7. The van der Waals surface area contributed by atoms with Crippen molar-refractivity contribution in [2.75, 3.05) is 6.61 Å². The Kier molecular flexibility index (Phi) is 3.38. The number of nitrogens with zero attached hydrogens (tertiary/aromatic N) is 1.